The lowest BCUT2D eigenvalue weighted by atomic mass is 10.2. The van der Waals surface area contributed by atoms with Crippen molar-refractivity contribution in [2.45, 2.75) is 26.4 Å². The average Bonchev–Trinajstić information content (AvgIpc) is 1.83. The van der Waals surface area contributed by atoms with Crippen LogP contribution in [0.3, 0.4) is 0 Å². The van der Waals surface area contributed by atoms with Crippen LogP contribution in [0.15, 0.2) is 24.3 Å². The first-order chi connectivity index (χ1) is 4.16. The van der Waals surface area contributed by atoms with Crippen molar-refractivity contribution in [2.24, 2.45) is 0 Å². The van der Waals surface area contributed by atoms with Crippen LogP contribution in [0.1, 0.15) is 20.3 Å². The van der Waals surface area contributed by atoms with Crippen molar-refractivity contribution in [3.05, 3.63) is 24.3 Å². The van der Waals surface area contributed by atoms with Gasteiger partial charge >= 0.3 is 0 Å². The minimum absolute atomic E-state index is 0.353. The second-order valence-corrected chi connectivity index (χ2v) is 2.11. The van der Waals surface area contributed by atoms with Gasteiger partial charge in [-0.1, -0.05) is 31.2 Å². The molecule has 0 spiro atoms. The summed E-state index contributed by atoms with van der Waals surface area (Å²) in [5.74, 6) is 0. The van der Waals surface area contributed by atoms with Crippen LogP contribution < -0.4 is 0 Å². The quantitative estimate of drug-likeness (QED) is 0.572. The van der Waals surface area contributed by atoms with Gasteiger partial charge in [-0.2, -0.15) is 0 Å². The molecule has 0 aromatic rings. The van der Waals surface area contributed by atoms with Crippen LogP contribution in [-0.4, -0.2) is 11.2 Å². The number of rotatable bonds is 3. The Balaban J connectivity index is 3.57. The van der Waals surface area contributed by atoms with E-state index in [4.69, 9.17) is 5.11 Å². The third kappa shape index (κ3) is 5.31. The van der Waals surface area contributed by atoms with Crippen LogP contribution in [0.5, 0.6) is 0 Å². The fourth-order valence-corrected chi connectivity index (χ4v) is 0.393. The highest BCUT2D eigenvalue weighted by Crippen LogP contribution is 1.98. The third-order valence-electron chi connectivity index (χ3n) is 1.06. The Hall–Kier alpha value is -0.560. The van der Waals surface area contributed by atoms with Gasteiger partial charge in [-0.15, -0.1) is 0 Å². The molecule has 1 atom stereocenters. The molecule has 1 N–H and O–H groups in total. The number of hydrogen-bond acceptors (Lipinski definition) is 1. The fraction of sp³-hybridized carbons (Fsp3) is 0.500. The third-order valence-corrected chi connectivity index (χ3v) is 1.06. The topological polar surface area (TPSA) is 20.2 Å². The second-order valence-electron chi connectivity index (χ2n) is 2.11. The Morgan fingerprint density at radius 1 is 1.78 bits per heavy atom. The molecule has 0 saturated carbocycles. The average molecular weight is 126 g/mol. The maximum atomic E-state index is 8.77. The van der Waals surface area contributed by atoms with E-state index < -0.39 is 0 Å². The largest absolute Gasteiger partial charge is 0.389 e. The molecule has 1 nitrogen and oxygen atoms in total. The van der Waals surface area contributed by atoms with E-state index in [1.54, 1.807) is 13.0 Å². The van der Waals surface area contributed by atoms with Gasteiger partial charge in [-0.3, -0.25) is 0 Å². The number of hydrogen-bond donors (Lipinski definition) is 1. The first kappa shape index (κ1) is 8.44. The summed E-state index contributed by atoms with van der Waals surface area (Å²) in [6.45, 7) is 7.51. The molecular formula is C8H14O. The first-order valence-corrected chi connectivity index (χ1v) is 3.21. The normalized spacial score (nSPS) is 14.1. The molecule has 0 aliphatic heterocycles. The molecule has 9 heavy (non-hydrogen) atoms. The number of allylic oxidation sites excluding steroid dienone is 2. The lowest BCUT2D eigenvalue weighted by Gasteiger charge is -1.93. The van der Waals surface area contributed by atoms with E-state index in [0.29, 0.717) is 0 Å². The number of aliphatic hydroxyl groups is 1. The minimum Gasteiger partial charge on any atom is -0.389 e. The van der Waals surface area contributed by atoms with Gasteiger partial charge in [0.2, 0.25) is 0 Å². The molecule has 0 fully saturated rings. The molecule has 0 aliphatic rings. The SMILES string of the molecule is C=C(/C=C/C(C)O)CC. The summed E-state index contributed by atoms with van der Waals surface area (Å²) < 4.78 is 0. The molecule has 1 heteroatoms. The highest BCUT2D eigenvalue weighted by Gasteiger charge is 1.85. The van der Waals surface area contributed by atoms with Crippen LogP contribution in [0.25, 0.3) is 0 Å². The summed E-state index contributed by atoms with van der Waals surface area (Å²) in [6.07, 6.45) is 4.17. The van der Waals surface area contributed by atoms with E-state index in [9.17, 15) is 0 Å². The smallest absolute Gasteiger partial charge is 0.0695 e. The minimum atomic E-state index is -0.353. The van der Waals surface area contributed by atoms with Gasteiger partial charge in [0.15, 0.2) is 0 Å². The van der Waals surface area contributed by atoms with Gasteiger partial charge in [0.1, 0.15) is 0 Å². The van der Waals surface area contributed by atoms with E-state index in [2.05, 4.69) is 6.58 Å². The van der Waals surface area contributed by atoms with Crippen molar-refractivity contribution in [1.29, 1.82) is 0 Å². The molecule has 0 saturated heterocycles. The molecule has 1 unspecified atom stereocenters. The Morgan fingerprint density at radius 2 is 2.33 bits per heavy atom. The molecule has 0 radical (unpaired) electrons. The van der Waals surface area contributed by atoms with Crippen molar-refractivity contribution in [3.63, 3.8) is 0 Å². The lowest BCUT2D eigenvalue weighted by molar-refractivity contribution is 0.244. The summed E-state index contributed by atoms with van der Waals surface area (Å²) in [4.78, 5) is 0. The highest BCUT2D eigenvalue weighted by atomic mass is 16.3. The summed E-state index contributed by atoms with van der Waals surface area (Å²) in [7, 11) is 0. The highest BCUT2D eigenvalue weighted by molar-refractivity contribution is 5.14. The molecular weight excluding hydrogens is 112 g/mol. The molecule has 0 aromatic heterocycles. The maximum Gasteiger partial charge on any atom is 0.0695 e. The molecule has 0 aliphatic carbocycles. The first-order valence-electron chi connectivity index (χ1n) is 3.21. The standard InChI is InChI=1S/C8H14O/c1-4-7(2)5-6-8(3)9/h5-6,8-9H,2,4H2,1,3H3/b6-5+. The predicted octanol–water partition coefficient (Wildman–Crippen LogP) is 1.89. The molecule has 0 amide bonds. The van der Waals surface area contributed by atoms with Crippen molar-refractivity contribution < 1.29 is 5.11 Å². The van der Waals surface area contributed by atoms with Gasteiger partial charge in [0.05, 0.1) is 6.10 Å². The van der Waals surface area contributed by atoms with Crippen LogP contribution >= 0.6 is 0 Å². The summed E-state index contributed by atoms with van der Waals surface area (Å²) in [5.41, 5.74) is 1.05. The molecule has 0 heterocycles. The predicted molar refractivity (Wildman–Crippen MR) is 40.3 cm³/mol. The second kappa shape index (κ2) is 4.33. The van der Waals surface area contributed by atoms with E-state index in [1.807, 2.05) is 13.0 Å². The molecule has 52 valence electrons. The van der Waals surface area contributed by atoms with Gasteiger partial charge in [0.25, 0.3) is 0 Å². The zero-order valence-corrected chi connectivity index (χ0v) is 6.09. The van der Waals surface area contributed by atoms with E-state index >= 15 is 0 Å². The van der Waals surface area contributed by atoms with Crippen LogP contribution in [0.2, 0.25) is 0 Å². The Morgan fingerprint density at radius 3 is 2.67 bits per heavy atom. The Bertz CT molecular complexity index is 112. The van der Waals surface area contributed by atoms with Gasteiger partial charge < -0.3 is 5.11 Å². The number of aliphatic hydroxyl groups excluding tert-OH is 1. The summed E-state index contributed by atoms with van der Waals surface area (Å²) >= 11 is 0. The van der Waals surface area contributed by atoms with Crippen molar-refractivity contribution >= 4 is 0 Å². The van der Waals surface area contributed by atoms with Crippen LogP contribution in [0, 0.1) is 0 Å². The monoisotopic (exact) mass is 126 g/mol. The Labute approximate surface area is 56.7 Å². The zero-order valence-electron chi connectivity index (χ0n) is 6.09. The van der Waals surface area contributed by atoms with Gasteiger partial charge in [0, 0.05) is 0 Å². The molecule has 0 aromatic carbocycles. The molecule has 0 bridgehead atoms. The summed E-state index contributed by atoms with van der Waals surface area (Å²) in [5, 5.41) is 8.77. The summed E-state index contributed by atoms with van der Waals surface area (Å²) in [6, 6.07) is 0. The lowest BCUT2D eigenvalue weighted by Crippen LogP contribution is -1.91. The van der Waals surface area contributed by atoms with E-state index in [-0.39, 0.29) is 6.10 Å². The van der Waals surface area contributed by atoms with Crippen molar-refractivity contribution in [2.75, 3.05) is 0 Å². The van der Waals surface area contributed by atoms with Gasteiger partial charge in [-0.05, 0) is 13.3 Å². The zero-order chi connectivity index (χ0) is 7.28. The Kier molecular flexibility index (Phi) is 4.06. The van der Waals surface area contributed by atoms with E-state index in [1.165, 1.54) is 0 Å². The van der Waals surface area contributed by atoms with Crippen LogP contribution in [-0.2, 0) is 0 Å². The molecule has 0 rings (SSSR count). The van der Waals surface area contributed by atoms with Crippen LogP contribution in [0.4, 0.5) is 0 Å². The maximum absolute atomic E-state index is 8.77. The van der Waals surface area contributed by atoms with Crippen molar-refractivity contribution in [3.8, 4) is 0 Å². The van der Waals surface area contributed by atoms with E-state index in [0.717, 1.165) is 12.0 Å². The fourth-order valence-electron chi connectivity index (χ4n) is 0.393. The van der Waals surface area contributed by atoms with Gasteiger partial charge in [-0.25, -0.2) is 0 Å². The van der Waals surface area contributed by atoms with Crippen molar-refractivity contribution in [1.82, 2.24) is 0 Å².